The molecule has 1 N–H and O–H groups in total. The predicted molar refractivity (Wildman–Crippen MR) is 108 cm³/mol. The summed E-state index contributed by atoms with van der Waals surface area (Å²) in [6.07, 6.45) is 2.20. The van der Waals surface area contributed by atoms with Gasteiger partial charge in [-0.05, 0) is 43.2 Å². The van der Waals surface area contributed by atoms with Gasteiger partial charge in [-0.1, -0.05) is 18.2 Å². The number of carbonyl (C=O) groups excluding carboxylic acids is 1. The van der Waals surface area contributed by atoms with Crippen LogP contribution in [0, 0.1) is 17.6 Å². The van der Waals surface area contributed by atoms with E-state index < -0.39 is 32.5 Å². The molecular weight excluding hydrogens is 412 g/mol. The van der Waals surface area contributed by atoms with Gasteiger partial charge in [-0.15, -0.1) is 0 Å². The first-order valence-corrected chi connectivity index (χ1v) is 10.9. The Balaban J connectivity index is 1.45. The number of rotatable bonds is 4. The molecule has 0 radical (unpaired) electrons. The van der Waals surface area contributed by atoms with Crippen LogP contribution in [0.3, 0.4) is 0 Å². The number of sulfonamides is 1. The summed E-state index contributed by atoms with van der Waals surface area (Å²) >= 11 is 0. The second-order valence-corrected chi connectivity index (χ2v) is 9.03. The number of benzene rings is 2. The highest BCUT2D eigenvalue weighted by Crippen LogP contribution is 2.28. The molecule has 3 aromatic rings. The van der Waals surface area contributed by atoms with Gasteiger partial charge in [0.25, 0.3) is 0 Å². The maximum atomic E-state index is 14.0. The summed E-state index contributed by atoms with van der Waals surface area (Å²) in [6, 6.07) is 11.5. The SMILES string of the molecule is O=C(Nc1cccc2cccnc12)C1CCN(S(=O)(=O)c2cc(F)ccc2F)CC1. The Kier molecular flexibility index (Phi) is 5.48. The summed E-state index contributed by atoms with van der Waals surface area (Å²) in [6.45, 7) is 0.0916. The molecule has 156 valence electrons. The maximum absolute atomic E-state index is 14.0. The van der Waals surface area contributed by atoms with E-state index in [1.165, 1.54) is 0 Å². The van der Waals surface area contributed by atoms with Crippen molar-refractivity contribution in [3.63, 3.8) is 0 Å². The molecule has 0 atom stereocenters. The van der Waals surface area contributed by atoms with E-state index in [1.54, 1.807) is 12.3 Å². The molecule has 1 aliphatic rings. The summed E-state index contributed by atoms with van der Waals surface area (Å²) in [4.78, 5) is 16.3. The van der Waals surface area contributed by atoms with Gasteiger partial charge >= 0.3 is 0 Å². The molecule has 0 spiro atoms. The Morgan fingerprint density at radius 3 is 2.57 bits per heavy atom. The molecule has 0 aliphatic carbocycles. The van der Waals surface area contributed by atoms with Crippen molar-refractivity contribution in [3.8, 4) is 0 Å². The van der Waals surface area contributed by atoms with Crippen LogP contribution in [0.1, 0.15) is 12.8 Å². The lowest BCUT2D eigenvalue weighted by atomic mass is 9.97. The molecule has 1 fully saturated rings. The van der Waals surface area contributed by atoms with Crippen molar-refractivity contribution in [2.75, 3.05) is 18.4 Å². The van der Waals surface area contributed by atoms with Crippen molar-refractivity contribution in [3.05, 3.63) is 66.4 Å². The van der Waals surface area contributed by atoms with Crippen molar-refractivity contribution in [1.29, 1.82) is 0 Å². The number of aromatic nitrogens is 1. The third-order valence-corrected chi connectivity index (χ3v) is 7.14. The van der Waals surface area contributed by atoms with E-state index in [9.17, 15) is 22.0 Å². The van der Waals surface area contributed by atoms with Crippen LogP contribution in [0.2, 0.25) is 0 Å². The van der Waals surface area contributed by atoms with Gasteiger partial charge < -0.3 is 5.32 Å². The Bertz CT molecular complexity index is 1200. The molecule has 1 aliphatic heterocycles. The number of anilines is 1. The minimum Gasteiger partial charge on any atom is -0.324 e. The first kappa shape index (κ1) is 20.4. The van der Waals surface area contributed by atoms with Crippen molar-refractivity contribution in [2.45, 2.75) is 17.7 Å². The Labute approximate surface area is 172 Å². The number of carbonyl (C=O) groups is 1. The van der Waals surface area contributed by atoms with Crippen molar-refractivity contribution < 1.29 is 22.0 Å². The highest BCUT2D eigenvalue weighted by atomic mass is 32.2. The molecule has 1 saturated heterocycles. The number of pyridine rings is 1. The summed E-state index contributed by atoms with van der Waals surface area (Å²) in [5.41, 5.74) is 1.27. The number of piperidine rings is 1. The van der Waals surface area contributed by atoms with Crippen molar-refractivity contribution >= 4 is 32.5 Å². The average Bonchev–Trinajstić information content (AvgIpc) is 2.75. The van der Waals surface area contributed by atoms with E-state index in [1.807, 2.05) is 24.3 Å². The standard InChI is InChI=1S/C21H19F2N3O3S/c22-16-6-7-17(23)19(13-16)30(28,29)26-11-8-15(9-12-26)21(27)25-18-5-1-3-14-4-2-10-24-20(14)18/h1-7,10,13,15H,8-9,11-12H2,(H,25,27). The van der Waals surface area contributed by atoms with Crippen LogP contribution in [0.15, 0.2) is 59.6 Å². The van der Waals surface area contributed by atoms with Crippen molar-refractivity contribution in [2.24, 2.45) is 5.92 Å². The van der Waals surface area contributed by atoms with Crippen LogP contribution in [-0.4, -0.2) is 36.7 Å². The van der Waals surface area contributed by atoms with E-state index in [-0.39, 0.29) is 31.8 Å². The van der Waals surface area contributed by atoms with Gasteiger partial charge in [0.1, 0.15) is 16.5 Å². The molecule has 1 aromatic heterocycles. The predicted octanol–water partition coefficient (Wildman–Crippen LogP) is 3.55. The Hall–Kier alpha value is -2.91. The first-order chi connectivity index (χ1) is 14.4. The van der Waals surface area contributed by atoms with Gasteiger partial charge in [0, 0.05) is 30.6 Å². The first-order valence-electron chi connectivity index (χ1n) is 9.46. The highest BCUT2D eigenvalue weighted by Gasteiger charge is 2.34. The number of hydrogen-bond donors (Lipinski definition) is 1. The van der Waals surface area contributed by atoms with Gasteiger partial charge in [-0.2, -0.15) is 4.31 Å². The number of para-hydroxylation sites is 1. The smallest absolute Gasteiger partial charge is 0.246 e. The molecule has 0 bridgehead atoms. The zero-order valence-corrected chi connectivity index (χ0v) is 16.7. The molecule has 2 aromatic carbocycles. The normalized spacial score (nSPS) is 15.9. The topological polar surface area (TPSA) is 79.4 Å². The van der Waals surface area contributed by atoms with Gasteiger partial charge in [0.2, 0.25) is 15.9 Å². The number of hydrogen-bond acceptors (Lipinski definition) is 4. The van der Waals surface area contributed by atoms with E-state index in [0.717, 1.165) is 21.8 Å². The van der Waals surface area contributed by atoms with Crippen LogP contribution in [0.5, 0.6) is 0 Å². The average molecular weight is 431 g/mol. The number of nitrogens with zero attached hydrogens (tertiary/aromatic N) is 2. The molecule has 2 heterocycles. The van der Waals surface area contributed by atoms with Crippen molar-refractivity contribution in [1.82, 2.24) is 9.29 Å². The third-order valence-electron chi connectivity index (χ3n) is 5.23. The third kappa shape index (κ3) is 3.90. The lowest BCUT2D eigenvalue weighted by Crippen LogP contribution is -2.41. The maximum Gasteiger partial charge on any atom is 0.246 e. The zero-order chi connectivity index (χ0) is 21.3. The van der Waals surface area contributed by atoms with E-state index in [2.05, 4.69) is 10.3 Å². The number of halogens is 2. The van der Waals surface area contributed by atoms with E-state index in [4.69, 9.17) is 0 Å². The Morgan fingerprint density at radius 1 is 1.07 bits per heavy atom. The highest BCUT2D eigenvalue weighted by molar-refractivity contribution is 7.89. The van der Waals surface area contributed by atoms with Crippen LogP contribution >= 0.6 is 0 Å². The molecule has 0 unspecified atom stereocenters. The largest absolute Gasteiger partial charge is 0.324 e. The Morgan fingerprint density at radius 2 is 1.80 bits per heavy atom. The molecule has 4 rings (SSSR count). The fraction of sp³-hybridized carbons (Fsp3) is 0.238. The van der Waals surface area contributed by atoms with Gasteiger partial charge in [0.05, 0.1) is 11.2 Å². The number of amides is 1. The quantitative estimate of drug-likeness (QED) is 0.685. The summed E-state index contributed by atoms with van der Waals surface area (Å²) < 4.78 is 53.8. The van der Waals surface area contributed by atoms with Gasteiger partial charge in [0.15, 0.2) is 0 Å². The summed E-state index contributed by atoms with van der Waals surface area (Å²) in [7, 11) is -4.18. The molecule has 0 saturated carbocycles. The molecular formula is C21H19F2N3O3S. The second kappa shape index (κ2) is 8.08. The van der Waals surface area contributed by atoms with Gasteiger partial charge in [-0.25, -0.2) is 17.2 Å². The summed E-state index contributed by atoms with van der Waals surface area (Å²) in [5, 5.41) is 3.77. The van der Waals surface area contributed by atoms with E-state index in [0.29, 0.717) is 17.3 Å². The second-order valence-electron chi connectivity index (χ2n) is 7.12. The zero-order valence-electron chi connectivity index (χ0n) is 15.9. The van der Waals surface area contributed by atoms with E-state index >= 15 is 0 Å². The number of nitrogens with one attached hydrogen (secondary N) is 1. The fourth-order valence-electron chi connectivity index (χ4n) is 3.61. The lowest BCUT2D eigenvalue weighted by molar-refractivity contribution is -0.120. The lowest BCUT2D eigenvalue weighted by Gasteiger charge is -2.30. The molecule has 6 nitrogen and oxygen atoms in total. The van der Waals surface area contributed by atoms with Crippen LogP contribution in [-0.2, 0) is 14.8 Å². The molecule has 1 amide bonds. The van der Waals surface area contributed by atoms with Crippen LogP contribution in [0.25, 0.3) is 10.9 Å². The van der Waals surface area contributed by atoms with Gasteiger partial charge in [-0.3, -0.25) is 9.78 Å². The minimum absolute atomic E-state index is 0.0458. The fourth-order valence-corrected chi connectivity index (χ4v) is 5.16. The molecule has 9 heteroatoms. The number of fused-ring (bicyclic) bond motifs is 1. The van der Waals surface area contributed by atoms with Crippen LogP contribution in [0.4, 0.5) is 14.5 Å². The summed E-state index contributed by atoms with van der Waals surface area (Å²) in [5.74, 6) is -2.44. The molecule has 30 heavy (non-hydrogen) atoms. The minimum atomic E-state index is -4.18. The van der Waals surface area contributed by atoms with Crippen LogP contribution < -0.4 is 5.32 Å². The monoisotopic (exact) mass is 431 g/mol.